The number of esters is 1. The number of methoxy groups -OCH3 is 1. The zero-order valence-electron chi connectivity index (χ0n) is 16.5. The molecule has 4 nitrogen and oxygen atoms in total. The molecule has 0 aromatic heterocycles. The Labute approximate surface area is 163 Å². The van der Waals surface area contributed by atoms with Crippen LogP contribution in [0.2, 0.25) is 0 Å². The van der Waals surface area contributed by atoms with Crippen LogP contribution < -0.4 is 5.32 Å². The molecule has 2 aromatic rings. The van der Waals surface area contributed by atoms with Gasteiger partial charge in [-0.15, -0.1) is 0 Å². The number of hydrogen-bond acceptors (Lipinski definition) is 3. The van der Waals surface area contributed by atoms with Gasteiger partial charge in [0.1, 0.15) is 17.7 Å². The summed E-state index contributed by atoms with van der Waals surface area (Å²) in [5, 5.41) is 2.52. The number of amides is 1. The van der Waals surface area contributed by atoms with Crippen LogP contribution in [0.3, 0.4) is 0 Å². The van der Waals surface area contributed by atoms with Gasteiger partial charge in [0, 0.05) is 12.0 Å². The SMILES string of the molecule is COC(=O)[C@H](Cc1ccc(C(C)(C)C)cc1)NC(=O)Cc1c(F)cccc1F. The minimum absolute atomic E-state index is 0.00166. The molecule has 0 aliphatic carbocycles. The number of nitrogens with one attached hydrogen (secondary N) is 1. The molecule has 0 aliphatic rings. The summed E-state index contributed by atoms with van der Waals surface area (Å²) in [6.07, 6.45) is -0.294. The Kier molecular flexibility index (Phi) is 6.89. The van der Waals surface area contributed by atoms with Gasteiger partial charge in [0.15, 0.2) is 0 Å². The molecule has 28 heavy (non-hydrogen) atoms. The topological polar surface area (TPSA) is 55.4 Å². The van der Waals surface area contributed by atoms with E-state index in [-0.39, 0.29) is 17.4 Å². The second kappa shape index (κ2) is 8.95. The van der Waals surface area contributed by atoms with Gasteiger partial charge in [-0.05, 0) is 28.7 Å². The smallest absolute Gasteiger partial charge is 0.328 e. The van der Waals surface area contributed by atoms with E-state index in [1.807, 2.05) is 24.3 Å². The summed E-state index contributed by atoms with van der Waals surface area (Å²) in [4.78, 5) is 24.4. The van der Waals surface area contributed by atoms with Crippen LogP contribution in [0.4, 0.5) is 8.78 Å². The third-order valence-corrected chi connectivity index (χ3v) is 4.48. The zero-order valence-corrected chi connectivity index (χ0v) is 16.5. The first-order valence-electron chi connectivity index (χ1n) is 9.01. The number of benzene rings is 2. The van der Waals surface area contributed by atoms with Crippen molar-refractivity contribution in [1.29, 1.82) is 0 Å². The van der Waals surface area contributed by atoms with Crippen LogP contribution in [0.15, 0.2) is 42.5 Å². The van der Waals surface area contributed by atoms with E-state index in [9.17, 15) is 18.4 Å². The molecule has 1 N–H and O–H groups in total. The predicted octanol–water partition coefficient (Wildman–Crippen LogP) is 3.71. The Balaban J connectivity index is 2.11. The molecule has 0 radical (unpaired) electrons. The summed E-state index contributed by atoms with van der Waals surface area (Å²) in [6, 6.07) is 10.2. The van der Waals surface area contributed by atoms with E-state index in [1.54, 1.807) is 0 Å². The molecule has 0 saturated heterocycles. The number of ether oxygens (including phenoxy) is 1. The quantitative estimate of drug-likeness (QED) is 0.767. The first-order chi connectivity index (χ1) is 13.1. The number of rotatable bonds is 6. The fourth-order valence-corrected chi connectivity index (χ4v) is 2.82. The number of carbonyl (C=O) groups excluding carboxylic acids is 2. The van der Waals surface area contributed by atoms with E-state index >= 15 is 0 Å². The number of halogens is 2. The van der Waals surface area contributed by atoms with Gasteiger partial charge in [0.25, 0.3) is 0 Å². The summed E-state index contributed by atoms with van der Waals surface area (Å²) in [5.41, 5.74) is 1.64. The minimum atomic E-state index is -0.951. The molecule has 0 saturated carbocycles. The van der Waals surface area contributed by atoms with E-state index in [0.29, 0.717) is 0 Å². The van der Waals surface area contributed by atoms with E-state index in [0.717, 1.165) is 23.3 Å². The van der Waals surface area contributed by atoms with E-state index in [2.05, 4.69) is 26.1 Å². The summed E-state index contributed by atoms with van der Waals surface area (Å²) in [7, 11) is 1.22. The monoisotopic (exact) mass is 389 g/mol. The average Bonchev–Trinajstić information content (AvgIpc) is 2.63. The largest absolute Gasteiger partial charge is 0.467 e. The lowest BCUT2D eigenvalue weighted by Gasteiger charge is -2.20. The maximum absolute atomic E-state index is 13.7. The van der Waals surface area contributed by atoms with Crippen LogP contribution >= 0.6 is 0 Å². The van der Waals surface area contributed by atoms with Crippen molar-refractivity contribution in [1.82, 2.24) is 5.32 Å². The third kappa shape index (κ3) is 5.62. The molecular weight excluding hydrogens is 364 g/mol. The Morgan fingerprint density at radius 3 is 2.11 bits per heavy atom. The van der Waals surface area contributed by atoms with Gasteiger partial charge >= 0.3 is 5.97 Å². The fraction of sp³-hybridized carbons (Fsp3) is 0.364. The van der Waals surface area contributed by atoms with Crippen molar-refractivity contribution in [2.24, 2.45) is 0 Å². The van der Waals surface area contributed by atoms with Gasteiger partial charge in [-0.25, -0.2) is 13.6 Å². The van der Waals surface area contributed by atoms with Crippen LogP contribution in [0.1, 0.15) is 37.5 Å². The molecule has 1 amide bonds. The van der Waals surface area contributed by atoms with Crippen molar-refractivity contribution in [3.05, 3.63) is 70.8 Å². The fourth-order valence-electron chi connectivity index (χ4n) is 2.82. The van der Waals surface area contributed by atoms with Gasteiger partial charge in [-0.1, -0.05) is 51.1 Å². The van der Waals surface area contributed by atoms with Crippen LogP contribution in [0.5, 0.6) is 0 Å². The van der Waals surface area contributed by atoms with Crippen molar-refractivity contribution in [2.75, 3.05) is 7.11 Å². The molecule has 2 aromatic carbocycles. The molecule has 0 bridgehead atoms. The van der Waals surface area contributed by atoms with Crippen molar-refractivity contribution >= 4 is 11.9 Å². The standard InChI is InChI=1S/C22H25F2NO3/c1-22(2,3)15-10-8-14(9-11-15)12-19(21(27)28-4)25-20(26)13-16-17(23)6-5-7-18(16)24/h5-11,19H,12-13H2,1-4H3,(H,25,26)/t19-/m0/s1. The molecular formula is C22H25F2NO3. The Morgan fingerprint density at radius 2 is 1.61 bits per heavy atom. The highest BCUT2D eigenvalue weighted by Crippen LogP contribution is 2.22. The summed E-state index contributed by atoms with van der Waals surface area (Å²) in [6.45, 7) is 6.30. The van der Waals surface area contributed by atoms with E-state index < -0.39 is 36.0 Å². The lowest BCUT2D eigenvalue weighted by molar-refractivity contribution is -0.145. The molecule has 1 atom stereocenters. The number of carbonyl (C=O) groups is 2. The first kappa shape index (κ1) is 21.5. The molecule has 150 valence electrons. The lowest BCUT2D eigenvalue weighted by atomic mass is 9.86. The van der Waals surface area contributed by atoms with Crippen LogP contribution in [-0.4, -0.2) is 25.0 Å². The Hall–Kier alpha value is -2.76. The molecule has 0 aliphatic heterocycles. The summed E-state index contributed by atoms with van der Waals surface area (Å²) < 4.78 is 32.2. The second-order valence-corrected chi connectivity index (χ2v) is 7.67. The van der Waals surface area contributed by atoms with Gasteiger partial charge in [0.2, 0.25) is 5.91 Å². The molecule has 6 heteroatoms. The highest BCUT2D eigenvalue weighted by Gasteiger charge is 2.24. The van der Waals surface area contributed by atoms with Crippen molar-refractivity contribution in [2.45, 2.75) is 45.1 Å². The minimum Gasteiger partial charge on any atom is -0.467 e. The van der Waals surface area contributed by atoms with E-state index in [1.165, 1.54) is 13.2 Å². The molecule has 0 fully saturated rings. The predicted molar refractivity (Wildman–Crippen MR) is 103 cm³/mol. The first-order valence-corrected chi connectivity index (χ1v) is 9.01. The van der Waals surface area contributed by atoms with Crippen LogP contribution in [0, 0.1) is 11.6 Å². The van der Waals surface area contributed by atoms with E-state index in [4.69, 9.17) is 4.74 Å². The van der Waals surface area contributed by atoms with Crippen LogP contribution in [-0.2, 0) is 32.6 Å². The summed E-state index contributed by atoms with van der Waals surface area (Å²) in [5.74, 6) is -2.89. The maximum atomic E-state index is 13.7. The summed E-state index contributed by atoms with van der Waals surface area (Å²) >= 11 is 0. The van der Waals surface area contributed by atoms with Gasteiger partial charge in [-0.2, -0.15) is 0 Å². The normalized spacial score (nSPS) is 12.4. The molecule has 0 unspecified atom stereocenters. The highest BCUT2D eigenvalue weighted by molar-refractivity contribution is 5.85. The lowest BCUT2D eigenvalue weighted by Crippen LogP contribution is -2.43. The van der Waals surface area contributed by atoms with Gasteiger partial charge in [-0.3, -0.25) is 4.79 Å². The average molecular weight is 389 g/mol. The molecule has 0 spiro atoms. The Bertz CT molecular complexity index is 822. The van der Waals surface area contributed by atoms with Gasteiger partial charge in [0.05, 0.1) is 13.5 Å². The zero-order chi connectivity index (χ0) is 20.9. The number of hydrogen-bond donors (Lipinski definition) is 1. The van der Waals surface area contributed by atoms with Crippen molar-refractivity contribution < 1.29 is 23.1 Å². The van der Waals surface area contributed by atoms with Gasteiger partial charge < -0.3 is 10.1 Å². The molecule has 2 rings (SSSR count). The second-order valence-electron chi connectivity index (χ2n) is 7.67. The molecule has 0 heterocycles. The van der Waals surface area contributed by atoms with Crippen LogP contribution in [0.25, 0.3) is 0 Å². The highest BCUT2D eigenvalue weighted by atomic mass is 19.1. The third-order valence-electron chi connectivity index (χ3n) is 4.48. The van der Waals surface area contributed by atoms with Crippen molar-refractivity contribution in [3.63, 3.8) is 0 Å². The van der Waals surface area contributed by atoms with Crippen molar-refractivity contribution in [3.8, 4) is 0 Å². The maximum Gasteiger partial charge on any atom is 0.328 e. The Morgan fingerprint density at radius 1 is 1.04 bits per heavy atom.